The number of carbonyl (C=O) groups is 1. The van der Waals surface area contributed by atoms with Crippen molar-refractivity contribution in [3.63, 3.8) is 0 Å². The van der Waals surface area contributed by atoms with Crippen LogP contribution in [-0.2, 0) is 11.3 Å². The lowest BCUT2D eigenvalue weighted by Gasteiger charge is -2.38. The van der Waals surface area contributed by atoms with Crippen LogP contribution < -0.4 is 10.1 Å². The van der Waals surface area contributed by atoms with E-state index in [1.54, 1.807) is 7.11 Å². The van der Waals surface area contributed by atoms with E-state index in [2.05, 4.69) is 22.2 Å². The average molecular weight is 444 g/mol. The average Bonchev–Trinajstić information content (AvgIpc) is 3.19. The fraction of sp³-hybridized carbons (Fsp3) is 0.480. The molecule has 0 spiro atoms. The molecular formula is C25H31F2N3O2. The number of para-hydroxylation sites is 2. The molecule has 32 heavy (non-hydrogen) atoms. The van der Waals surface area contributed by atoms with E-state index in [0.717, 1.165) is 38.4 Å². The number of halogens is 2. The summed E-state index contributed by atoms with van der Waals surface area (Å²) in [5.41, 5.74) is 1.09. The van der Waals surface area contributed by atoms with Crippen molar-refractivity contribution in [3.05, 3.63) is 59.7 Å². The number of benzene rings is 2. The predicted octanol–water partition coefficient (Wildman–Crippen LogP) is 4.14. The van der Waals surface area contributed by atoms with Gasteiger partial charge in [0.15, 0.2) is 0 Å². The van der Waals surface area contributed by atoms with Crippen molar-refractivity contribution in [2.45, 2.75) is 31.8 Å². The lowest BCUT2D eigenvalue weighted by atomic mass is 9.87. The van der Waals surface area contributed by atoms with E-state index in [-0.39, 0.29) is 17.6 Å². The van der Waals surface area contributed by atoms with Gasteiger partial charge in [0, 0.05) is 31.2 Å². The monoisotopic (exact) mass is 443 g/mol. The lowest BCUT2D eigenvalue weighted by molar-refractivity contribution is -0.119. The molecule has 3 atom stereocenters. The molecule has 0 saturated carbocycles. The van der Waals surface area contributed by atoms with Gasteiger partial charge in [0.1, 0.15) is 17.4 Å². The number of nitrogens with zero attached hydrogens (tertiary/aromatic N) is 2. The number of likely N-dealkylation sites (tertiary alicyclic amines) is 2. The highest BCUT2D eigenvalue weighted by Crippen LogP contribution is 2.34. The summed E-state index contributed by atoms with van der Waals surface area (Å²) in [6, 6.07) is 11.4. The van der Waals surface area contributed by atoms with Crippen LogP contribution in [0.1, 0.15) is 24.8 Å². The molecule has 2 heterocycles. The molecule has 0 radical (unpaired) electrons. The summed E-state index contributed by atoms with van der Waals surface area (Å²) in [7, 11) is 3.67. The van der Waals surface area contributed by atoms with Crippen molar-refractivity contribution in [2.24, 2.45) is 11.8 Å². The molecule has 0 aliphatic carbocycles. The first-order valence-electron chi connectivity index (χ1n) is 11.2. The van der Waals surface area contributed by atoms with Crippen molar-refractivity contribution in [3.8, 4) is 5.75 Å². The molecular weight excluding hydrogens is 412 g/mol. The summed E-state index contributed by atoms with van der Waals surface area (Å²) in [4.78, 5) is 17.4. The first-order valence-corrected chi connectivity index (χ1v) is 11.2. The maximum Gasteiger partial charge on any atom is 0.228 e. The van der Waals surface area contributed by atoms with Crippen molar-refractivity contribution >= 4 is 11.6 Å². The second-order valence-corrected chi connectivity index (χ2v) is 9.00. The number of methoxy groups -OCH3 is 1. The van der Waals surface area contributed by atoms with Gasteiger partial charge < -0.3 is 15.0 Å². The third-order valence-corrected chi connectivity index (χ3v) is 6.82. The zero-order valence-electron chi connectivity index (χ0n) is 18.7. The molecule has 1 amide bonds. The number of rotatable bonds is 6. The van der Waals surface area contributed by atoms with Gasteiger partial charge in [0.05, 0.1) is 18.7 Å². The van der Waals surface area contributed by atoms with Gasteiger partial charge in [-0.1, -0.05) is 12.1 Å². The number of amides is 1. The molecule has 0 aromatic heterocycles. The molecule has 7 heteroatoms. The molecule has 2 aliphatic heterocycles. The molecule has 2 fully saturated rings. The summed E-state index contributed by atoms with van der Waals surface area (Å²) in [6.07, 6.45) is 2.90. The summed E-state index contributed by atoms with van der Waals surface area (Å²) in [6.45, 7) is 2.82. The Morgan fingerprint density at radius 1 is 1.19 bits per heavy atom. The molecule has 4 rings (SSSR count). The van der Waals surface area contributed by atoms with Gasteiger partial charge >= 0.3 is 0 Å². The van der Waals surface area contributed by atoms with Crippen LogP contribution in [0.2, 0.25) is 0 Å². The second-order valence-electron chi connectivity index (χ2n) is 9.00. The third kappa shape index (κ3) is 5.10. The Morgan fingerprint density at radius 3 is 2.81 bits per heavy atom. The van der Waals surface area contributed by atoms with Crippen LogP contribution in [0.3, 0.4) is 0 Å². The molecule has 2 saturated heterocycles. The van der Waals surface area contributed by atoms with E-state index >= 15 is 0 Å². The van der Waals surface area contributed by atoms with Gasteiger partial charge in [0.2, 0.25) is 5.91 Å². The molecule has 0 unspecified atom stereocenters. The minimum atomic E-state index is -0.408. The Morgan fingerprint density at radius 2 is 2.00 bits per heavy atom. The minimum absolute atomic E-state index is 0.0124. The number of carbonyl (C=O) groups excluding carboxylic acids is 1. The topological polar surface area (TPSA) is 44.8 Å². The zero-order chi connectivity index (χ0) is 22.7. The summed E-state index contributed by atoms with van der Waals surface area (Å²) >= 11 is 0. The number of hydrogen-bond donors (Lipinski definition) is 1. The first kappa shape index (κ1) is 22.7. The van der Waals surface area contributed by atoms with Crippen LogP contribution >= 0.6 is 0 Å². The normalized spacial score (nSPS) is 24.4. The predicted molar refractivity (Wildman–Crippen MR) is 121 cm³/mol. The molecule has 0 bridgehead atoms. The summed E-state index contributed by atoms with van der Waals surface area (Å²) < 4.78 is 33.0. The highest BCUT2D eigenvalue weighted by atomic mass is 19.1. The number of piperidine rings is 1. The SMILES string of the molecule is COc1ccccc1NC(=O)[C@@H]1C[C@@H]([C@H]2CCCN(Cc3cc(F)ccc3F)C2)N(C)C1. The van der Waals surface area contributed by atoms with Crippen LogP contribution in [0.25, 0.3) is 0 Å². The van der Waals surface area contributed by atoms with Gasteiger partial charge in [-0.05, 0) is 69.1 Å². The largest absolute Gasteiger partial charge is 0.495 e. The highest BCUT2D eigenvalue weighted by molar-refractivity contribution is 5.94. The third-order valence-electron chi connectivity index (χ3n) is 6.82. The van der Waals surface area contributed by atoms with Gasteiger partial charge in [-0.3, -0.25) is 9.69 Å². The number of hydrogen-bond acceptors (Lipinski definition) is 4. The smallest absolute Gasteiger partial charge is 0.228 e. The van der Waals surface area contributed by atoms with Gasteiger partial charge in [-0.2, -0.15) is 0 Å². The number of ether oxygens (including phenoxy) is 1. The van der Waals surface area contributed by atoms with E-state index in [4.69, 9.17) is 4.74 Å². The van der Waals surface area contributed by atoms with Crippen molar-refractivity contribution in [1.82, 2.24) is 9.80 Å². The zero-order valence-corrected chi connectivity index (χ0v) is 18.7. The highest BCUT2D eigenvalue weighted by Gasteiger charge is 2.39. The lowest BCUT2D eigenvalue weighted by Crippen LogP contribution is -2.43. The fourth-order valence-corrected chi connectivity index (χ4v) is 5.21. The van der Waals surface area contributed by atoms with E-state index in [1.807, 2.05) is 24.3 Å². The van der Waals surface area contributed by atoms with E-state index in [0.29, 0.717) is 42.0 Å². The van der Waals surface area contributed by atoms with Crippen molar-refractivity contribution < 1.29 is 18.3 Å². The maximum absolute atomic E-state index is 14.1. The van der Waals surface area contributed by atoms with Gasteiger partial charge in [0.25, 0.3) is 0 Å². The molecule has 1 N–H and O–H groups in total. The van der Waals surface area contributed by atoms with Crippen LogP contribution in [0.15, 0.2) is 42.5 Å². The van der Waals surface area contributed by atoms with E-state index < -0.39 is 5.82 Å². The van der Waals surface area contributed by atoms with Gasteiger partial charge in [-0.15, -0.1) is 0 Å². The van der Waals surface area contributed by atoms with Crippen LogP contribution in [-0.4, -0.2) is 55.5 Å². The van der Waals surface area contributed by atoms with Crippen LogP contribution in [0.4, 0.5) is 14.5 Å². The Balaban J connectivity index is 1.37. The Labute approximate surface area is 188 Å². The summed E-state index contributed by atoms with van der Waals surface area (Å²) in [5.74, 6) is 0.198. The molecule has 2 aliphatic rings. The Kier molecular flexibility index (Phi) is 7.06. The number of anilines is 1. The van der Waals surface area contributed by atoms with E-state index in [9.17, 15) is 13.6 Å². The standard InChI is InChI=1S/C25H31F2N3O2/c1-29-14-19(25(31)28-22-7-3-4-8-24(22)32-2)13-23(29)17-6-5-11-30(15-17)16-18-12-20(26)9-10-21(18)27/h3-4,7-10,12,17,19,23H,5-6,11,13-16H2,1-2H3,(H,28,31)/t17-,19+,23-/m0/s1. The number of nitrogens with one attached hydrogen (secondary N) is 1. The van der Waals surface area contributed by atoms with Crippen LogP contribution in [0, 0.1) is 23.5 Å². The van der Waals surface area contributed by atoms with E-state index in [1.165, 1.54) is 12.1 Å². The van der Waals surface area contributed by atoms with Crippen molar-refractivity contribution in [1.29, 1.82) is 0 Å². The Bertz CT molecular complexity index is 955. The fourth-order valence-electron chi connectivity index (χ4n) is 5.21. The maximum atomic E-state index is 14.1. The Hall–Kier alpha value is -2.51. The van der Waals surface area contributed by atoms with Crippen molar-refractivity contribution in [2.75, 3.05) is 39.1 Å². The van der Waals surface area contributed by atoms with Gasteiger partial charge in [-0.25, -0.2) is 8.78 Å². The minimum Gasteiger partial charge on any atom is -0.495 e. The molecule has 172 valence electrons. The first-order chi connectivity index (χ1) is 15.4. The molecule has 5 nitrogen and oxygen atoms in total. The van der Waals surface area contributed by atoms with Crippen LogP contribution in [0.5, 0.6) is 5.75 Å². The second kappa shape index (κ2) is 9.96. The quantitative estimate of drug-likeness (QED) is 0.729. The molecule has 2 aromatic rings. The molecule has 2 aromatic carbocycles. The summed E-state index contributed by atoms with van der Waals surface area (Å²) in [5, 5.41) is 3.02.